The molecule has 0 aromatic rings. The number of carboxylic acid groups (broad SMARTS) is 1. The van der Waals surface area contributed by atoms with Gasteiger partial charge in [0.2, 0.25) is 5.91 Å². The first kappa shape index (κ1) is 31.2. The summed E-state index contributed by atoms with van der Waals surface area (Å²) in [6, 6.07) is 0. The summed E-state index contributed by atoms with van der Waals surface area (Å²) in [6.07, 6.45) is 3.78. The Morgan fingerprint density at radius 1 is 0.758 bits per heavy atom. The van der Waals surface area contributed by atoms with Crippen LogP contribution in [0.4, 0.5) is 0 Å². The summed E-state index contributed by atoms with van der Waals surface area (Å²) in [5.74, 6) is -1.68. The van der Waals surface area contributed by atoms with Gasteiger partial charge in [-0.2, -0.15) is 0 Å². The lowest BCUT2D eigenvalue weighted by molar-refractivity contribution is -0.150. The number of aliphatic carboxylic acids is 1. The van der Waals surface area contributed by atoms with E-state index in [1.54, 1.807) is 0 Å². The number of hydrogen-bond donors (Lipinski definition) is 2. The van der Waals surface area contributed by atoms with Gasteiger partial charge in [-0.15, -0.1) is 0 Å². The first-order valence-electron chi connectivity index (χ1n) is 11.5. The molecule has 1 unspecified atom stereocenters. The lowest BCUT2D eigenvalue weighted by atomic mass is 10.00. The number of carboxylic acids is 1. The molecule has 194 valence electrons. The zero-order valence-corrected chi connectivity index (χ0v) is 20.0. The van der Waals surface area contributed by atoms with E-state index >= 15 is 0 Å². The van der Waals surface area contributed by atoms with Gasteiger partial charge in [0.25, 0.3) is 0 Å². The minimum atomic E-state index is -1.12. The Morgan fingerprint density at radius 2 is 1.30 bits per heavy atom. The van der Waals surface area contributed by atoms with Crippen LogP contribution in [0.1, 0.15) is 39.5 Å². The summed E-state index contributed by atoms with van der Waals surface area (Å²) in [5, 5.41) is 10.9. The van der Waals surface area contributed by atoms with Gasteiger partial charge in [0.05, 0.1) is 58.8 Å². The van der Waals surface area contributed by atoms with Gasteiger partial charge in [0, 0.05) is 6.54 Å². The molecular formula is C22H41NO10. The first-order valence-corrected chi connectivity index (χ1v) is 11.5. The van der Waals surface area contributed by atoms with Crippen molar-refractivity contribution in [1.29, 1.82) is 0 Å². The van der Waals surface area contributed by atoms with Crippen LogP contribution in [-0.4, -0.2) is 102 Å². The van der Waals surface area contributed by atoms with Crippen LogP contribution in [0.5, 0.6) is 0 Å². The van der Waals surface area contributed by atoms with Crippen molar-refractivity contribution in [2.24, 2.45) is 5.92 Å². The number of carbonyl (C=O) groups is 3. The number of nitrogens with one attached hydrogen (secondary N) is 1. The maximum Gasteiger partial charge on any atom is 0.329 e. The zero-order valence-electron chi connectivity index (χ0n) is 20.0. The summed E-state index contributed by atoms with van der Waals surface area (Å²) in [4.78, 5) is 33.5. The molecule has 0 heterocycles. The summed E-state index contributed by atoms with van der Waals surface area (Å²) >= 11 is 0. The molecule has 0 aromatic heterocycles. The molecular weight excluding hydrogens is 438 g/mol. The van der Waals surface area contributed by atoms with Crippen LogP contribution >= 0.6 is 0 Å². The van der Waals surface area contributed by atoms with Crippen LogP contribution in [0.2, 0.25) is 0 Å². The third-order valence-corrected chi connectivity index (χ3v) is 4.35. The van der Waals surface area contributed by atoms with Gasteiger partial charge in [-0.3, -0.25) is 9.59 Å². The van der Waals surface area contributed by atoms with Crippen molar-refractivity contribution in [3.63, 3.8) is 0 Å². The predicted molar refractivity (Wildman–Crippen MR) is 119 cm³/mol. The van der Waals surface area contributed by atoms with E-state index in [4.69, 9.17) is 28.8 Å². The zero-order chi connectivity index (χ0) is 24.6. The number of ether oxygens (including phenoxy) is 6. The fraction of sp³-hybridized carbons (Fsp3) is 0.864. The Labute approximate surface area is 196 Å². The second-order valence-electron chi connectivity index (χ2n) is 7.10. The van der Waals surface area contributed by atoms with Crippen molar-refractivity contribution in [2.75, 3.05) is 79.2 Å². The number of carbonyl (C=O) groups excluding carboxylic acids is 2. The molecule has 1 amide bonds. The molecule has 0 aromatic carbocycles. The largest absolute Gasteiger partial charge is 0.480 e. The molecule has 0 rings (SSSR count). The maximum atomic E-state index is 11.9. The molecule has 0 saturated heterocycles. The molecule has 11 nitrogen and oxygen atoms in total. The molecule has 0 aliphatic rings. The lowest BCUT2D eigenvalue weighted by Crippen LogP contribution is -2.31. The first-order chi connectivity index (χ1) is 16.0. The standard InChI is InChI=1S/C22H41NO10/c1-3-5-6-19(4-2)22(27)33-16-15-31-14-13-30-12-11-29-10-9-28-8-7-23-20(24)17-32-18-21(25)26/h19H,3-18H2,1-2H3,(H,23,24)(H,25,26). The van der Waals surface area contributed by atoms with Crippen LogP contribution in [0.3, 0.4) is 0 Å². The molecule has 33 heavy (non-hydrogen) atoms. The average molecular weight is 480 g/mol. The van der Waals surface area contributed by atoms with E-state index in [1.807, 2.05) is 6.92 Å². The van der Waals surface area contributed by atoms with Crippen LogP contribution in [0, 0.1) is 5.92 Å². The van der Waals surface area contributed by atoms with Crippen molar-refractivity contribution >= 4 is 17.8 Å². The predicted octanol–water partition coefficient (Wildman–Crippen LogP) is 1.03. The number of unbranched alkanes of at least 4 members (excludes halogenated alkanes) is 1. The van der Waals surface area contributed by atoms with Gasteiger partial charge in [0.15, 0.2) is 0 Å². The molecule has 0 bridgehead atoms. The van der Waals surface area contributed by atoms with E-state index in [1.165, 1.54) is 0 Å². The normalized spacial score (nSPS) is 11.8. The molecule has 1 atom stereocenters. The second kappa shape index (κ2) is 23.4. The monoisotopic (exact) mass is 479 g/mol. The molecule has 0 aliphatic carbocycles. The van der Waals surface area contributed by atoms with Gasteiger partial charge in [-0.05, 0) is 12.8 Å². The van der Waals surface area contributed by atoms with Crippen molar-refractivity contribution in [3.8, 4) is 0 Å². The Balaban J connectivity index is 3.30. The van der Waals surface area contributed by atoms with E-state index in [0.717, 1.165) is 25.7 Å². The Hall–Kier alpha value is -1.79. The highest BCUT2D eigenvalue weighted by Crippen LogP contribution is 2.14. The summed E-state index contributed by atoms with van der Waals surface area (Å²) in [7, 11) is 0. The van der Waals surface area contributed by atoms with Gasteiger partial charge in [0.1, 0.15) is 19.8 Å². The Morgan fingerprint density at radius 3 is 1.82 bits per heavy atom. The Bertz CT molecular complexity index is 504. The van der Waals surface area contributed by atoms with Gasteiger partial charge >= 0.3 is 11.9 Å². The van der Waals surface area contributed by atoms with Crippen LogP contribution in [0.25, 0.3) is 0 Å². The highest BCUT2D eigenvalue weighted by Gasteiger charge is 2.16. The fourth-order valence-electron chi connectivity index (χ4n) is 2.56. The van der Waals surface area contributed by atoms with Gasteiger partial charge in [-0.1, -0.05) is 26.7 Å². The van der Waals surface area contributed by atoms with Gasteiger partial charge in [-0.25, -0.2) is 4.79 Å². The quantitative estimate of drug-likeness (QED) is 0.152. The van der Waals surface area contributed by atoms with E-state index < -0.39 is 18.5 Å². The van der Waals surface area contributed by atoms with Crippen molar-refractivity contribution in [1.82, 2.24) is 5.32 Å². The van der Waals surface area contributed by atoms with E-state index in [0.29, 0.717) is 59.4 Å². The van der Waals surface area contributed by atoms with Crippen LogP contribution < -0.4 is 5.32 Å². The third-order valence-electron chi connectivity index (χ3n) is 4.35. The molecule has 0 saturated carbocycles. The molecule has 0 spiro atoms. The summed E-state index contributed by atoms with van der Waals surface area (Å²) in [5.41, 5.74) is 0. The smallest absolute Gasteiger partial charge is 0.329 e. The minimum absolute atomic E-state index is 0.0171. The molecule has 0 aliphatic heterocycles. The molecule has 2 N–H and O–H groups in total. The van der Waals surface area contributed by atoms with E-state index in [9.17, 15) is 14.4 Å². The average Bonchev–Trinajstić information content (AvgIpc) is 2.79. The topological polar surface area (TPSA) is 139 Å². The van der Waals surface area contributed by atoms with E-state index in [2.05, 4.69) is 17.0 Å². The van der Waals surface area contributed by atoms with Gasteiger partial charge < -0.3 is 38.8 Å². The van der Waals surface area contributed by atoms with Crippen molar-refractivity contribution in [3.05, 3.63) is 0 Å². The second-order valence-corrected chi connectivity index (χ2v) is 7.10. The van der Waals surface area contributed by atoms with Crippen molar-refractivity contribution < 1.29 is 47.9 Å². The molecule has 0 fully saturated rings. The summed E-state index contributed by atoms with van der Waals surface area (Å²) in [6.45, 7) is 7.01. The summed E-state index contributed by atoms with van der Waals surface area (Å²) < 4.78 is 31.3. The SMILES string of the molecule is CCCCC(CC)C(=O)OCCOCCOCCOCCOCCNC(=O)COCC(=O)O. The maximum absolute atomic E-state index is 11.9. The molecule has 0 radical (unpaired) electrons. The van der Waals surface area contributed by atoms with Crippen molar-refractivity contribution in [2.45, 2.75) is 39.5 Å². The molecule has 11 heteroatoms. The number of amides is 1. The Kier molecular flexibility index (Phi) is 22.1. The van der Waals surface area contributed by atoms with E-state index in [-0.39, 0.29) is 25.1 Å². The van der Waals surface area contributed by atoms with Crippen LogP contribution in [-0.2, 0) is 42.8 Å². The fourth-order valence-corrected chi connectivity index (χ4v) is 2.56. The van der Waals surface area contributed by atoms with Crippen LogP contribution in [0.15, 0.2) is 0 Å². The number of hydrogen-bond acceptors (Lipinski definition) is 9. The lowest BCUT2D eigenvalue weighted by Gasteiger charge is -2.13. The number of rotatable bonds is 24. The third kappa shape index (κ3) is 21.8. The number of esters is 1. The highest BCUT2D eigenvalue weighted by atomic mass is 16.6. The minimum Gasteiger partial charge on any atom is -0.480 e. The highest BCUT2D eigenvalue weighted by molar-refractivity contribution is 5.77.